The minimum atomic E-state index is -4.88. The molecular formula is C22H23N3O9S3. The lowest BCUT2D eigenvalue weighted by atomic mass is 9.87. The van der Waals surface area contributed by atoms with E-state index in [9.17, 15) is 38.9 Å². The maximum Gasteiger partial charge on any atom is 0.296 e. The number of rotatable bonds is 5. The van der Waals surface area contributed by atoms with Crippen molar-refractivity contribution >= 4 is 53.0 Å². The van der Waals surface area contributed by atoms with Crippen molar-refractivity contribution < 1.29 is 38.9 Å². The summed E-state index contributed by atoms with van der Waals surface area (Å²) in [5.41, 5.74) is 11.3. The standard InChI is InChI=1S/C22H23N3O9S3/c1-10-4-13(7-16(20(10)23)35(26,27)28)19(14-5-11(2)21(24)17(8-14)36(29,30)31)15-6-12(3)22(25)18(9-15)37(32,33)34/h4-9,23H,24-25H2,1-3H3,(H,26,27,28)(H,29,30,31)(H,32,33,34). The minimum Gasteiger partial charge on any atom is -0.397 e. The van der Waals surface area contributed by atoms with Crippen molar-refractivity contribution in [3.8, 4) is 0 Å². The topological polar surface area (TPSA) is 239 Å². The summed E-state index contributed by atoms with van der Waals surface area (Å²) >= 11 is 0. The van der Waals surface area contributed by atoms with Crippen LogP contribution in [-0.2, 0) is 30.4 Å². The van der Waals surface area contributed by atoms with Gasteiger partial charge in [-0.2, -0.15) is 25.3 Å². The number of anilines is 2. The summed E-state index contributed by atoms with van der Waals surface area (Å²) < 4.78 is 101. The van der Waals surface area contributed by atoms with E-state index in [4.69, 9.17) is 16.9 Å². The summed E-state index contributed by atoms with van der Waals surface area (Å²) in [5, 5.41) is 8.05. The Kier molecular flexibility index (Phi) is 7.02. The molecule has 2 aromatic carbocycles. The van der Waals surface area contributed by atoms with Gasteiger partial charge >= 0.3 is 0 Å². The van der Waals surface area contributed by atoms with Crippen molar-refractivity contribution in [3.05, 3.63) is 74.7 Å². The Hall–Kier alpha value is -3.34. The Morgan fingerprint density at radius 2 is 1.11 bits per heavy atom. The fourth-order valence-electron chi connectivity index (χ4n) is 3.85. The lowest BCUT2D eigenvalue weighted by Gasteiger charge is -2.21. The molecule has 2 aromatic rings. The molecule has 198 valence electrons. The van der Waals surface area contributed by atoms with Gasteiger partial charge in [-0.05, 0) is 96.2 Å². The highest BCUT2D eigenvalue weighted by Crippen LogP contribution is 2.38. The van der Waals surface area contributed by atoms with Crippen LogP contribution < -0.4 is 11.5 Å². The lowest BCUT2D eigenvalue weighted by Crippen LogP contribution is -2.17. The zero-order chi connectivity index (χ0) is 28.2. The van der Waals surface area contributed by atoms with Crippen LogP contribution >= 0.6 is 0 Å². The van der Waals surface area contributed by atoms with Gasteiger partial charge in [0.2, 0.25) is 0 Å². The summed E-state index contributed by atoms with van der Waals surface area (Å²) in [4.78, 5) is -2.08. The van der Waals surface area contributed by atoms with E-state index in [0.717, 1.165) is 18.2 Å². The van der Waals surface area contributed by atoms with Gasteiger partial charge in [-0.3, -0.25) is 19.1 Å². The van der Waals surface area contributed by atoms with Crippen LogP contribution in [0.2, 0.25) is 0 Å². The van der Waals surface area contributed by atoms with Crippen molar-refractivity contribution in [1.29, 1.82) is 5.41 Å². The van der Waals surface area contributed by atoms with E-state index in [1.807, 2.05) is 0 Å². The molecule has 12 nitrogen and oxygen atoms in total. The molecule has 0 fully saturated rings. The van der Waals surface area contributed by atoms with Gasteiger partial charge in [0.25, 0.3) is 30.4 Å². The number of benzene rings is 2. The quantitative estimate of drug-likeness (QED) is 0.226. The first kappa shape index (κ1) is 28.2. The molecule has 0 amide bonds. The number of nitrogen functional groups attached to an aromatic ring is 2. The van der Waals surface area contributed by atoms with Crippen LogP contribution in [0.25, 0.3) is 5.57 Å². The summed E-state index contributed by atoms with van der Waals surface area (Å²) in [6.07, 6.45) is 2.32. The van der Waals surface area contributed by atoms with E-state index in [1.165, 1.54) is 39.0 Å². The second-order valence-electron chi connectivity index (χ2n) is 8.38. The van der Waals surface area contributed by atoms with Gasteiger partial charge in [0.15, 0.2) is 0 Å². The van der Waals surface area contributed by atoms with Gasteiger partial charge in [-0.15, -0.1) is 0 Å². The van der Waals surface area contributed by atoms with E-state index in [2.05, 4.69) is 0 Å². The first-order valence-electron chi connectivity index (χ1n) is 10.2. The highest BCUT2D eigenvalue weighted by molar-refractivity contribution is 7.91. The number of hydrogen-bond acceptors (Lipinski definition) is 9. The molecule has 0 spiro atoms. The van der Waals surface area contributed by atoms with Crippen molar-refractivity contribution in [3.63, 3.8) is 0 Å². The molecule has 0 aliphatic heterocycles. The van der Waals surface area contributed by atoms with Gasteiger partial charge in [0, 0.05) is 0 Å². The Bertz CT molecular complexity index is 1710. The number of hydrogen-bond donors (Lipinski definition) is 6. The maximum atomic E-state index is 12.0. The van der Waals surface area contributed by atoms with E-state index in [0.29, 0.717) is 0 Å². The smallest absolute Gasteiger partial charge is 0.296 e. The molecule has 1 aliphatic carbocycles. The third kappa shape index (κ3) is 5.51. The molecule has 15 heteroatoms. The molecule has 37 heavy (non-hydrogen) atoms. The fraction of sp³-hybridized carbons (Fsp3) is 0.136. The van der Waals surface area contributed by atoms with Gasteiger partial charge in [-0.1, -0.05) is 0 Å². The molecule has 1 aliphatic rings. The third-order valence-corrected chi connectivity index (χ3v) is 8.36. The Morgan fingerprint density at radius 3 is 1.46 bits per heavy atom. The van der Waals surface area contributed by atoms with Gasteiger partial charge < -0.3 is 11.5 Å². The van der Waals surface area contributed by atoms with Crippen LogP contribution in [0.4, 0.5) is 11.4 Å². The molecule has 0 saturated carbocycles. The number of allylic oxidation sites excluding steroid dienone is 5. The average Bonchev–Trinajstić information content (AvgIpc) is 2.72. The predicted octanol–water partition coefficient (Wildman–Crippen LogP) is 2.51. The van der Waals surface area contributed by atoms with Crippen molar-refractivity contribution in [2.75, 3.05) is 11.5 Å². The minimum absolute atomic E-state index is 0.0222. The van der Waals surface area contributed by atoms with E-state index < -0.39 is 50.8 Å². The summed E-state index contributed by atoms with van der Waals surface area (Å²) in [6, 6.07) is 4.83. The van der Waals surface area contributed by atoms with Crippen LogP contribution in [0.5, 0.6) is 0 Å². The number of nitrogens with one attached hydrogen (secondary N) is 1. The monoisotopic (exact) mass is 569 g/mol. The Labute approximate surface area is 213 Å². The average molecular weight is 570 g/mol. The lowest BCUT2D eigenvalue weighted by molar-refractivity contribution is 0.481. The Balaban J connectivity index is 2.62. The molecule has 0 aromatic heterocycles. The molecule has 0 radical (unpaired) electrons. The maximum absolute atomic E-state index is 12.0. The van der Waals surface area contributed by atoms with Crippen LogP contribution in [0.3, 0.4) is 0 Å². The first-order valence-corrected chi connectivity index (χ1v) is 14.5. The van der Waals surface area contributed by atoms with Gasteiger partial charge in [-0.25, -0.2) is 0 Å². The zero-order valence-electron chi connectivity index (χ0n) is 19.6. The second-order valence-corrected chi connectivity index (χ2v) is 12.5. The third-order valence-electron chi connectivity index (χ3n) is 5.70. The van der Waals surface area contributed by atoms with Gasteiger partial charge in [0.1, 0.15) is 14.7 Å². The summed E-state index contributed by atoms with van der Waals surface area (Å²) in [6.45, 7) is 4.29. The van der Waals surface area contributed by atoms with E-state index >= 15 is 0 Å². The summed E-state index contributed by atoms with van der Waals surface area (Å²) in [5.74, 6) is 0. The van der Waals surface area contributed by atoms with Crippen LogP contribution in [0, 0.1) is 19.3 Å². The summed E-state index contributed by atoms with van der Waals surface area (Å²) in [7, 11) is -14.5. The zero-order valence-corrected chi connectivity index (χ0v) is 22.1. The van der Waals surface area contributed by atoms with E-state index in [1.54, 1.807) is 0 Å². The molecule has 0 unspecified atom stereocenters. The van der Waals surface area contributed by atoms with Gasteiger partial charge in [0.05, 0.1) is 17.1 Å². The molecule has 0 saturated heterocycles. The highest BCUT2D eigenvalue weighted by Gasteiger charge is 2.28. The molecule has 3 rings (SSSR count). The fourth-order valence-corrected chi connectivity index (χ4v) is 5.97. The number of aryl methyl sites for hydroxylation is 2. The molecule has 8 N–H and O–H groups in total. The van der Waals surface area contributed by atoms with Crippen molar-refractivity contribution in [1.82, 2.24) is 0 Å². The van der Waals surface area contributed by atoms with Crippen molar-refractivity contribution in [2.45, 2.75) is 30.6 Å². The SMILES string of the molecule is CC1=CC(=C(c2cc(C)c(N)c(S(=O)(=O)O)c2)c2cc(C)c(N)c(S(=O)(=O)O)c2)C=C(S(=O)(=O)O)C1=N. The largest absolute Gasteiger partial charge is 0.397 e. The number of nitrogens with two attached hydrogens (primary N) is 2. The van der Waals surface area contributed by atoms with Crippen LogP contribution in [0.1, 0.15) is 29.2 Å². The molecule has 0 heterocycles. The molecule has 0 bridgehead atoms. The van der Waals surface area contributed by atoms with Crippen LogP contribution in [-0.4, -0.2) is 44.6 Å². The molecular weight excluding hydrogens is 546 g/mol. The Morgan fingerprint density at radius 1 is 0.703 bits per heavy atom. The van der Waals surface area contributed by atoms with Crippen LogP contribution in [0.15, 0.2) is 62.3 Å². The second kappa shape index (κ2) is 9.20. The first-order chi connectivity index (χ1) is 16.7. The highest BCUT2D eigenvalue weighted by atomic mass is 32.2. The van der Waals surface area contributed by atoms with Crippen molar-refractivity contribution in [2.24, 2.45) is 0 Å². The van der Waals surface area contributed by atoms with E-state index in [-0.39, 0.29) is 50.3 Å². The predicted molar refractivity (Wildman–Crippen MR) is 138 cm³/mol. The normalized spacial score (nSPS) is 14.9. The molecule has 0 atom stereocenters.